The highest BCUT2D eigenvalue weighted by Crippen LogP contribution is 2.76. The van der Waals surface area contributed by atoms with Gasteiger partial charge in [-0.3, -0.25) is 4.79 Å². The Bertz CT molecular complexity index is 528. The first-order valence-corrected chi connectivity index (χ1v) is 8.56. The zero-order chi connectivity index (χ0) is 15.2. The van der Waals surface area contributed by atoms with Crippen LogP contribution in [-0.2, 0) is 9.53 Å². The molecule has 0 aromatic heterocycles. The van der Waals surface area contributed by atoms with Crippen molar-refractivity contribution in [2.24, 2.45) is 40.4 Å². The largest absolute Gasteiger partial charge is 0.460 e. The molecule has 3 fully saturated rings. The van der Waals surface area contributed by atoms with E-state index in [4.69, 9.17) is 4.74 Å². The SMILES string of the molecule is CC(C)(C)OC(=O)C1CC2CC1(C)C1C2C2C=CC1(C)C2. The van der Waals surface area contributed by atoms with Crippen molar-refractivity contribution in [3.63, 3.8) is 0 Å². The fourth-order valence-corrected chi connectivity index (χ4v) is 6.72. The van der Waals surface area contributed by atoms with Gasteiger partial charge in [0.1, 0.15) is 5.60 Å². The highest BCUT2D eigenvalue weighted by Gasteiger charge is 2.71. The van der Waals surface area contributed by atoms with Crippen LogP contribution < -0.4 is 0 Å². The third-order valence-electron chi connectivity index (χ3n) is 6.97. The quantitative estimate of drug-likeness (QED) is 0.410. The zero-order valence-corrected chi connectivity index (χ0v) is 14.0. The van der Waals surface area contributed by atoms with Crippen molar-refractivity contribution in [3.05, 3.63) is 12.2 Å². The van der Waals surface area contributed by atoms with Gasteiger partial charge in [0.15, 0.2) is 0 Å². The summed E-state index contributed by atoms with van der Waals surface area (Å²) >= 11 is 0. The summed E-state index contributed by atoms with van der Waals surface area (Å²) in [5.74, 6) is 3.23. The molecule has 3 saturated carbocycles. The summed E-state index contributed by atoms with van der Waals surface area (Å²) in [5.41, 5.74) is 0.124. The summed E-state index contributed by atoms with van der Waals surface area (Å²) in [7, 11) is 0. The van der Waals surface area contributed by atoms with Crippen molar-refractivity contribution in [3.8, 4) is 0 Å². The molecule has 4 bridgehead atoms. The van der Waals surface area contributed by atoms with E-state index in [0.717, 1.165) is 24.2 Å². The van der Waals surface area contributed by atoms with Crippen molar-refractivity contribution in [2.45, 2.75) is 59.5 Å². The summed E-state index contributed by atoms with van der Waals surface area (Å²) < 4.78 is 5.74. The maximum Gasteiger partial charge on any atom is 0.310 e. The van der Waals surface area contributed by atoms with Gasteiger partial charge in [-0.2, -0.15) is 0 Å². The highest BCUT2D eigenvalue weighted by atomic mass is 16.6. The van der Waals surface area contributed by atoms with Crippen molar-refractivity contribution in [1.29, 1.82) is 0 Å². The Labute approximate surface area is 128 Å². The number of hydrogen-bond acceptors (Lipinski definition) is 2. The molecule has 0 heterocycles. The van der Waals surface area contributed by atoms with Crippen LogP contribution in [0.2, 0.25) is 0 Å². The number of carbonyl (C=O) groups is 1. The molecule has 2 heteroatoms. The lowest BCUT2D eigenvalue weighted by molar-refractivity contribution is -0.167. The number of hydrogen-bond donors (Lipinski definition) is 0. The molecule has 0 N–H and O–H groups in total. The maximum atomic E-state index is 12.7. The minimum Gasteiger partial charge on any atom is -0.460 e. The number of carbonyl (C=O) groups excluding carboxylic acids is 1. The lowest BCUT2D eigenvalue weighted by Gasteiger charge is -2.46. The Kier molecular flexibility index (Phi) is 2.47. The maximum absolute atomic E-state index is 12.7. The van der Waals surface area contributed by atoms with Gasteiger partial charge in [-0.1, -0.05) is 26.0 Å². The van der Waals surface area contributed by atoms with E-state index >= 15 is 0 Å². The van der Waals surface area contributed by atoms with E-state index in [1.165, 1.54) is 12.8 Å². The van der Waals surface area contributed by atoms with Crippen LogP contribution in [0.25, 0.3) is 0 Å². The molecule has 0 aliphatic heterocycles. The third-order valence-corrected chi connectivity index (χ3v) is 6.97. The van der Waals surface area contributed by atoms with Gasteiger partial charge in [0.2, 0.25) is 0 Å². The van der Waals surface area contributed by atoms with Crippen LogP contribution in [-0.4, -0.2) is 11.6 Å². The summed E-state index contributed by atoms with van der Waals surface area (Å²) in [5, 5.41) is 0. The number of allylic oxidation sites excluding steroid dienone is 2. The van der Waals surface area contributed by atoms with E-state index in [0.29, 0.717) is 11.3 Å². The van der Waals surface area contributed by atoms with E-state index in [1.807, 2.05) is 20.8 Å². The van der Waals surface area contributed by atoms with Gasteiger partial charge < -0.3 is 4.74 Å². The van der Waals surface area contributed by atoms with Gasteiger partial charge in [0.05, 0.1) is 5.92 Å². The van der Waals surface area contributed by atoms with Crippen molar-refractivity contribution >= 4 is 5.97 Å². The van der Waals surface area contributed by atoms with Crippen molar-refractivity contribution in [1.82, 2.24) is 0 Å². The van der Waals surface area contributed by atoms with Crippen molar-refractivity contribution < 1.29 is 9.53 Å². The van der Waals surface area contributed by atoms with Gasteiger partial charge in [-0.05, 0) is 74.5 Å². The molecule has 21 heavy (non-hydrogen) atoms. The summed E-state index contributed by atoms with van der Waals surface area (Å²) in [6.07, 6.45) is 8.53. The lowest BCUT2D eigenvalue weighted by Crippen LogP contribution is -2.45. The number of rotatable bonds is 1. The first-order valence-electron chi connectivity index (χ1n) is 8.56. The van der Waals surface area contributed by atoms with E-state index in [9.17, 15) is 4.79 Å². The second-order valence-electron chi connectivity index (χ2n) is 9.58. The normalized spacial score (nSPS) is 53.3. The average Bonchev–Trinajstić information content (AvgIpc) is 2.99. The molecule has 0 saturated heterocycles. The predicted octanol–water partition coefficient (Wildman–Crippen LogP) is 4.20. The molecule has 0 amide bonds. The smallest absolute Gasteiger partial charge is 0.310 e. The van der Waals surface area contributed by atoms with Crippen LogP contribution in [0.15, 0.2) is 12.2 Å². The lowest BCUT2D eigenvalue weighted by atomic mass is 9.58. The Morgan fingerprint density at radius 2 is 1.95 bits per heavy atom. The minimum atomic E-state index is -0.368. The molecule has 0 radical (unpaired) electrons. The molecule has 7 unspecified atom stereocenters. The second-order valence-corrected chi connectivity index (χ2v) is 9.58. The molecule has 4 aliphatic carbocycles. The highest BCUT2D eigenvalue weighted by molar-refractivity contribution is 5.75. The molecule has 0 aromatic rings. The number of fused-ring (bicyclic) bond motifs is 9. The standard InChI is InChI=1S/C19H28O2/c1-17(2,3)21-16(20)13-8-12-10-19(13,5)15-14(12)11-6-7-18(15,4)9-11/h6-7,11-15H,8-10H2,1-5H3. The Hall–Kier alpha value is -0.790. The van der Waals surface area contributed by atoms with Crippen LogP contribution in [0.4, 0.5) is 0 Å². The molecule has 0 spiro atoms. The summed E-state index contributed by atoms with van der Waals surface area (Å²) in [4.78, 5) is 12.7. The fraction of sp³-hybridized carbons (Fsp3) is 0.842. The van der Waals surface area contributed by atoms with Crippen LogP contribution in [0.5, 0.6) is 0 Å². The van der Waals surface area contributed by atoms with E-state index in [1.54, 1.807) is 0 Å². The molecular weight excluding hydrogens is 260 g/mol. The van der Waals surface area contributed by atoms with Gasteiger partial charge in [0.25, 0.3) is 0 Å². The van der Waals surface area contributed by atoms with Gasteiger partial charge >= 0.3 is 5.97 Å². The zero-order valence-electron chi connectivity index (χ0n) is 14.0. The second kappa shape index (κ2) is 3.75. The number of esters is 1. The summed E-state index contributed by atoms with van der Waals surface area (Å²) in [6, 6.07) is 0. The monoisotopic (exact) mass is 288 g/mol. The van der Waals surface area contributed by atoms with Crippen LogP contribution in [0.3, 0.4) is 0 Å². The molecule has 7 atom stereocenters. The summed E-state index contributed by atoms with van der Waals surface area (Å²) in [6.45, 7) is 10.7. The minimum absolute atomic E-state index is 0.0568. The van der Waals surface area contributed by atoms with Gasteiger partial charge in [0, 0.05) is 0 Å². The molecule has 116 valence electrons. The third kappa shape index (κ3) is 1.68. The van der Waals surface area contributed by atoms with E-state index < -0.39 is 0 Å². The molecule has 0 aromatic carbocycles. The van der Waals surface area contributed by atoms with Crippen LogP contribution in [0, 0.1) is 40.4 Å². The van der Waals surface area contributed by atoms with E-state index in [2.05, 4.69) is 26.0 Å². The van der Waals surface area contributed by atoms with Crippen LogP contribution in [0.1, 0.15) is 53.9 Å². The van der Waals surface area contributed by atoms with Gasteiger partial charge in [-0.25, -0.2) is 0 Å². The number of ether oxygens (including phenoxy) is 1. The topological polar surface area (TPSA) is 26.3 Å². The van der Waals surface area contributed by atoms with Crippen molar-refractivity contribution in [2.75, 3.05) is 0 Å². The first-order chi connectivity index (χ1) is 9.64. The Morgan fingerprint density at radius 3 is 2.62 bits per heavy atom. The van der Waals surface area contributed by atoms with Crippen LogP contribution >= 0.6 is 0 Å². The Balaban J connectivity index is 1.65. The molecule has 4 aliphatic rings. The predicted molar refractivity (Wildman–Crippen MR) is 82.5 cm³/mol. The van der Waals surface area contributed by atoms with E-state index in [-0.39, 0.29) is 22.9 Å². The van der Waals surface area contributed by atoms with Gasteiger partial charge in [-0.15, -0.1) is 0 Å². The first kappa shape index (κ1) is 13.8. The molecule has 4 rings (SSSR count). The Morgan fingerprint density at radius 1 is 1.24 bits per heavy atom. The fourth-order valence-electron chi connectivity index (χ4n) is 6.72. The molecular formula is C19H28O2. The average molecular weight is 288 g/mol. The molecule has 2 nitrogen and oxygen atoms in total.